The molecular weight excluding hydrogens is 191 g/mol. The van der Waals surface area contributed by atoms with E-state index in [-0.39, 0.29) is 4.88 Å². The van der Waals surface area contributed by atoms with Crippen LogP contribution in [0.1, 0.15) is 11.0 Å². The van der Waals surface area contributed by atoms with E-state index in [9.17, 15) is 13.2 Å². The highest BCUT2D eigenvalue weighted by molar-refractivity contribution is 7.09. The Balaban J connectivity index is 2.84. The largest absolute Gasteiger partial charge is 0.419 e. The average Bonchev–Trinajstić information content (AvgIpc) is 2.38. The van der Waals surface area contributed by atoms with Crippen molar-refractivity contribution in [3.05, 3.63) is 23.7 Å². The number of nitrogens with zero attached hydrogens (tertiary/aromatic N) is 1. The summed E-state index contributed by atoms with van der Waals surface area (Å²) in [6, 6.07) is 0. The third-order valence-electron chi connectivity index (χ3n) is 1.14. The van der Waals surface area contributed by atoms with Gasteiger partial charge in [-0.25, -0.2) is 0 Å². The minimum Gasteiger partial charge on any atom is -0.354 e. The summed E-state index contributed by atoms with van der Waals surface area (Å²) in [4.78, 5) is 3.44. The van der Waals surface area contributed by atoms with E-state index in [1.165, 1.54) is 5.51 Å². The van der Waals surface area contributed by atoms with Gasteiger partial charge in [-0.15, -0.1) is 11.3 Å². The zero-order valence-corrected chi connectivity index (χ0v) is 6.52. The Hall–Kier alpha value is -0.620. The molecule has 1 atom stereocenters. The highest BCUT2D eigenvalue weighted by Crippen LogP contribution is 2.36. The molecule has 0 saturated carbocycles. The lowest BCUT2D eigenvalue weighted by Crippen LogP contribution is -2.20. The molecule has 0 bridgehead atoms. The quantitative estimate of drug-likeness (QED) is 0.723. The van der Waals surface area contributed by atoms with Crippen molar-refractivity contribution in [2.75, 3.05) is 0 Å². The molecular formula is C6H4F3NOS. The molecule has 0 aliphatic carbocycles. The summed E-state index contributed by atoms with van der Waals surface area (Å²) in [5.41, 5.74) is 1.28. The van der Waals surface area contributed by atoms with Gasteiger partial charge in [0, 0.05) is 6.20 Å². The Kier molecular flexibility index (Phi) is 2.69. The van der Waals surface area contributed by atoms with Crippen LogP contribution in [0.25, 0.3) is 0 Å². The fraction of sp³-hybridized carbons (Fsp3) is 0.333. The monoisotopic (exact) mass is 195 g/mol. The van der Waals surface area contributed by atoms with E-state index in [0.29, 0.717) is 0 Å². The van der Waals surface area contributed by atoms with E-state index < -0.39 is 12.3 Å². The van der Waals surface area contributed by atoms with Gasteiger partial charge < -0.3 is 4.74 Å². The average molecular weight is 195 g/mol. The van der Waals surface area contributed by atoms with Crippen LogP contribution in [0.15, 0.2) is 11.7 Å². The molecule has 0 aliphatic rings. The van der Waals surface area contributed by atoms with Crippen molar-refractivity contribution >= 4 is 11.3 Å². The molecule has 0 fully saturated rings. The van der Waals surface area contributed by atoms with Crippen molar-refractivity contribution < 1.29 is 17.9 Å². The van der Waals surface area contributed by atoms with Gasteiger partial charge in [0.1, 0.15) is 7.11 Å². The van der Waals surface area contributed by atoms with Crippen LogP contribution in [0.2, 0.25) is 0 Å². The van der Waals surface area contributed by atoms with Crippen molar-refractivity contribution in [2.24, 2.45) is 0 Å². The van der Waals surface area contributed by atoms with Gasteiger partial charge >= 0.3 is 6.18 Å². The minimum absolute atomic E-state index is 0.0509. The van der Waals surface area contributed by atoms with E-state index in [2.05, 4.69) is 16.8 Å². The molecule has 2 radical (unpaired) electrons. The van der Waals surface area contributed by atoms with E-state index >= 15 is 0 Å². The van der Waals surface area contributed by atoms with Gasteiger partial charge in [-0.05, 0) is 0 Å². The molecule has 0 saturated heterocycles. The molecule has 66 valence electrons. The van der Waals surface area contributed by atoms with E-state index in [0.717, 1.165) is 17.5 Å². The first-order chi connectivity index (χ1) is 5.55. The maximum atomic E-state index is 12.1. The number of hydrogen-bond donors (Lipinski definition) is 0. The fourth-order valence-corrected chi connectivity index (χ4v) is 1.34. The van der Waals surface area contributed by atoms with Crippen LogP contribution in [0, 0.1) is 7.11 Å². The summed E-state index contributed by atoms with van der Waals surface area (Å²) < 4.78 is 40.0. The van der Waals surface area contributed by atoms with Crippen LogP contribution in [-0.2, 0) is 4.74 Å². The number of halogens is 3. The summed E-state index contributed by atoms with van der Waals surface area (Å²) in [6.07, 6.45) is -5.47. The number of aromatic nitrogens is 1. The van der Waals surface area contributed by atoms with Gasteiger partial charge in [0.05, 0.1) is 10.4 Å². The molecule has 12 heavy (non-hydrogen) atoms. The van der Waals surface area contributed by atoms with Gasteiger partial charge in [0.25, 0.3) is 0 Å². The minimum atomic E-state index is -4.48. The maximum Gasteiger partial charge on any atom is 0.419 e. The topological polar surface area (TPSA) is 22.1 Å². The lowest BCUT2D eigenvalue weighted by molar-refractivity contribution is -0.208. The van der Waals surface area contributed by atoms with Crippen molar-refractivity contribution in [1.29, 1.82) is 0 Å². The Bertz CT molecular complexity index is 233. The van der Waals surface area contributed by atoms with E-state index in [4.69, 9.17) is 0 Å². The van der Waals surface area contributed by atoms with Crippen LogP contribution in [0.4, 0.5) is 13.2 Å². The number of ether oxygens (including phenoxy) is 1. The predicted molar refractivity (Wildman–Crippen MR) is 36.3 cm³/mol. The zero-order valence-electron chi connectivity index (χ0n) is 5.71. The molecule has 1 aromatic rings. The van der Waals surface area contributed by atoms with Crippen molar-refractivity contribution in [1.82, 2.24) is 4.98 Å². The molecule has 0 aliphatic heterocycles. The second-order valence-corrected chi connectivity index (χ2v) is 2.88. The van der Waals surface area contributed by atoms with Gasteiger partial charge in [-0.2, -0.15) is 13.2 Å². The number of alkyl halides is 3. The first-order valence-corrected chi connectivity index (χ1v) is 3.74. The Morgan fingerprint density at radius 1 is 1.58 bits per heavy atom. The van der Waals surface area contributed by atoms with Crippen LogP contribution >= 0.6 is 11.3 Å². The second-order valence-electron chi connectivity index (χ2n) is 1.96. The SMILES string of the molecule is [CH]OC(c1cncs1)C(F)(F)F. The molecule has 1 heterocycles. The molecule has 1 aromatic heterocycles. The second kappa shape index (κ2) is 3.40. The van der Waals surface area contributed by atoms with E-state index in [1.807, 2.05) is 0 Å². The van der Waals surface area contributed by atoms with Crippen molar-refractivity contribution in [3.8, 4) is 0 Å². The summed E-state index contributed by atoms with van der Waals surface area (Å²) in [7, 11) is 4.51. The predicted octanol–water partition coefficient (Wildman–Crippen LogP) is 2.43. The van der Waals surface area contributed by atoms with Gasteiger partial charge in [0.2, 0.25) is 0 Å². The Labute approximate surface area is 71.0 Å². The van der Waals surface area contributed by atoms with Crippen LogP contribution < -0.4 is 0 Å². The summed E-state index contributed by atoms with van der Waals surface area (Å²) >= 11 is 0.846. The van der Waals surface area contributed by atoms with Gasteiger partial charge in [0.15, 0.2) is 6.10 Å². The molecule has 0 N–H and O–H groups in total. The lowest BCUT2D eigenvalue weighted by atomic mass is 10.3. The smallest absolute Gasteiger partial charge is 0.354 e. The first kappa shape index (κ1) is 9.47. The Morgan fingerprint density at radius 3 is 2.58 bits per heavy atom. The summed E-state index contributed by atoms with van der Waals surface area (Å²) in [6.45, 7) is 0. The maximum absolute atomic E-state index is 12.1. The first-order valence-electron chi connectivity index (χ1n) is 2.86. The standard InChI is InChI=1S/C6H4F3NOS/c1-11-5(6(7,8)9)4-2-10-3-12-4/h1-3,5H. The molecule has 2 nitrogen and oxygen atoms in total. The molecule has 6 heteroatoms. The zero-order chi connectivity index (χ0) is 9.19. The number of thiazole rings is 1. The lowest BCUT2D eigenvalue weighted by Gasteiger charge is -2.15. The normalized spacial score (nSPS) is 14.7. The molecule has 1 unspecified atom stereocenters. The molecule has 0 amide bonds. The van der Waals surface area contributed by atoms with E-state index in [1.54, 1.807) is 0 Å². The third-order valence-corrected chi connectivity index (χ3v) is 1.96. The van der Waals surface area contributed by atoms with Crippen LogP contribution in [-0.4, -0.2) is 11.2 Å². The number of hydrogen-bond acceptors (Lipinski definition) is 3. The highest BCUT2D eigenvalue weighted by Gasteiger charge is 2.42. The highest BCUT2D eigenvalue weighted by atomic mass is 32.1. The Morgan fingerprint density at radius 2 is 2.25 bits per heavy atom. The van der Waals surface area contributed by atoms with Crippen molar-refractivity contribution in [2.45, 2.75) is 12.3 Å². The summed E-state index contributed by atoms with van der Waals surface area (Å²) in [5, 5.41) is 0. The third kappa shape index (κ3) is 1.95. The fourth-order valence-electron chi connectivity index (χ4n) is 0.661. The number of rotatable bonds is 2. The van der Waals surface area contributed by atoms with Crippen molar-refractivity contribution in [3.63, 3.8) is 0 Å². The molecule has 0 spiro atoms. The van der Waals surface area contributed by atoms with Gasteiger partial charge in [-0.1, -0.05) is 0 Å². The van der Waals surface area contributed by atoms with Gasteiger partial charge in [-0.3, -0.25) is 4.98 Å². The summed E-state index contributed by atoms with van der Waals surface area (Å²) in [5.74, 6) is 0. The molecule has 1 rings (SSSR count). The molecule has 0 aromatic carbocycles. The van der Waals surface area contributed by atoms with Crippen LogP contribution in [0.3, 0.4) is 0 Å². The van der Waals surface area contributed by atoms with Crippen LogP contribution in [0.5, 0.6) is 0 Å².